The maximum atomic E-state index is 10.4. The van der Waals surface area contributed by atoms with E-state index in [0.29, 0.717) is 41.1 Å². The molecule has 0 atom stereocenters. The minimum absolute atomic E-state index is 0.00609. The van der Waals surface area contributed by atoms with Crippen LogP contribution in [0.5, 0.6) is 23.0 Å². The maximum Gasteiger partial charge on any atom is 0.164 e. The Balaban J connectivity index is 2.25. The Morgan fingerprint density at radius 1 is 0.867 bits per heavy atom. The molecule has 0 radical (unpaired) electrons. The number of phenols is 3. The predicted octanol–water partition coefficient (Wildman–Crippen LogP) is 6.24. The van der Waals surface area contributed by atoms with Crippen molar-refractivity contribution in [3.05, 3.63) is 58.7 Å². The highest BCUT2D eigenvalue weighted by molar-refractivity contribution is 5.90. The summed E-state index contributed by atoms with van der Waals surface area (Å²) in [5.74, 6) is 0.879. The van der Waals surface area contributed by atoms with Crippen LogP contribution in [0.25, 0.3) is 22.3 Å². The van der Waals surface area contributed by atoms with Crippen LogP contribution in [0.4, 0.5) is 0 Å². The molecule has 3 rings (SSSR count). The number of ether oxygens (including phenoxy) is 1. The van der Waals surface area contributed by atoms with Gasteiger partial charge in [-0.1, -0.05) is 23.3 Å². The first-order chi connectivity index (χ1) is 14.2. The molecule has 1 aromatic heterocycles. The Kier molecular flexibility index (Phi) is 6.11. The second-order valence-corrected chi connectivity index (χ2v) is 7.89. The van der Waals surface area contributed by atoms with Gasteiger partial charge in [0.05, 0.1) is 7.11 Å². The van der Waals surface area contributed by atoms with Crippen LogP contribution in [0.15, 0.2) is 52.0 Å². The molecule has 30 heavy (non-hydrogen) atoms. The summed E-state index contributed by atoms with van der Waals surface area (Å²) >= 11 is 0. The first-order valence-electron chi connectivity index (χ1n) is 9.85. The minimum atomic E-state index is -0.0471. The van der Waals surface area contributed by atoms with Crippen molar-refractivity contribution in [2.24, 2.45) is 0 Å². The lowest BCUT2D eigenvalue weighted by Crippen LogP contribution is -1.93. The SMILES string of the molecule is COc1c(O)cc2oc(-c3cc(O)cc(O)c3CC=C(C)C)cc2c1CC=C(C)C. The van der Waals surface area contributed by atoms with E-state index in [1.165, 1.54) is 19.2 Å². The molecule has 2 aromatic carbocycles. The molecule has 0 spiro atoms. The molecule has 0 saturated heterocycles. The molecule has 0 unspecified atom stereocenters. The Bertz CT molecular complexity index is 1140. The number of methoxy groups -OCH3 is 1. The van der Waals surface area contributed by atoms with Gasteiger partial charge in [-0.3, -0.25) is 0 Å². The van der Waals surface area contributed by atoms with Crippen LogP contribution in [0.2, 0.25) is 0 Å². The normalized spacial score (nSPS) is 10.8. The molecule has 0 saturated carbocycles. The highest BCUT2D eigenvalue weighted by atomic mass is 16.5. The van der Waals surface area contributed by atoms with Gasteiger partial charge in [0.2, 0.25) is 0 Å². The van der Waals surface area contributed by atoms with Crippen molar-refractivity contribution in [3.8, 4) is 34.3 Å². The third-order valence-electron chi connectivity index (χ3n) is 4.97. The lowest BCUT2D eigenvalue weighted by molar-refractivity contribution is 0.370. The minimum Gasteiger partial charge on any atom is -0.508 e. The van der Waals surface area contributed by atoms with Crippen LogP contribution in [0.3, 0.4) is 0 Å². The summed E-state index contributed by atoms with van der Waals surface area (Å²) in [4.78, 5) is 0. The third kappa shape index (κ3) is 4.30. The van der Waals surface area contributed by atoms with Crippen molar-refractivity contribution in [1.29, 1.82) is 0 Å². The van der Waals surface area contributed by atoms with Crippen LogP contribution in [0.1, 0.15) is 38.8 Å². The predicted molar refractivity (Wildman–Crippen MR) is 119 cm³/mol. The smallest absolute Gasteiger partial charge is 0.164 e. The number of hydrogen-bond donors (Lipinski definition) is 3. The van der Waals surface area contributed by atoms with Crippen molar-refractivity contribution < 1.29 is 24.5 Å². The van der Waals surface area contributed by atoms with E-state index in [1.807, 2.05) is 39.8 Å². The van der Waals surface area contributed by atoms with Gasteiger partial charge in [-0.2, -0.15) is 0 Å². The molecule has 1 heterocycles. The molecule has 5 heteroatoms. The molecule has 0 aliphatic rings. The van der Waals surface area contributed by atoms with Gasteiger partial charge in [0, 0.05) is 34.2 Å². The second kappa shape index (κ2) is 8.57. The molecule has 0 bridgehead atoms. The maximum absolute atomic E-state index is 10.4. The van der Waals surface area contributed by atoms with Crippen molar-refractivity contribution in [2.45, 2.75) is 40.5 Å². The summed E-state index contributed by atoms with van der Waals surface area (Å²) in [6.45, 7) is 8.00. The summed E-state index contributed by atoms with van der Waals surface area (Å²) in [5, 5.41) is 31.8. The Morgan fingerprint density at radius 3 is 2.10 bits per heavy atom. The molecule has 0 aliphatic carbocycles. The number of furan rings is 1. The van der Waals surface area contributed by atoms with Crippen LogP contribution < -0.4 is 4.74 Å². The number of fused-ring (bicyclic) bond motifs is 1. The van der Waals surface area contributed by atoms with Crippen molar-refractivity contribution >= 4 is 11.0 Å². The number of hydrogen-bond acceptors (Lipinski definition) is 5. The van der Waals surface area contributed by atoms with Crippen LogP contribution in [-0.2, 0) is 12.8 Å². The van der Waals surface area contributed by atoms with Crippen molar-refractivity contribution in [3.63, 3.8) is 0 Å². The van der Waals surface area contributed by atoms with Gasteiger partial charge in [0.1, 0.15) is 22.8 Å². The van der Waals surface area contributed by atoms with E-state index >= 15 is 0 Å². The summed E-state index contributed by atoms with van der Waals surface area (Å²) in [6.07, 6.45) is 5.14. The van der Waals surface area contributed by atoms with Crippen molar-refractivity contribution in [2.75, 3.05) is 7.11 Å². The fourth-order valence-electron chi connectivity index (χ4n) is 3.47. The van der Waals surface area contributed by atoms with Gasteiger partial charge in [-0.25, -0.2) is 0 Å². The number of aromatic hydroxyl groups is 3. The monoisotopic (exact) mass is 408 g/mol. The number of rotatable bonds is 6. The Labute approximate surface area is 176 Å². The van der Waals surface area contributed by atoms with E-state index in [4.69, 9.17) is 9.15 Å². The van der Waals surface area contributed by atoms with E-state index < -0.39 is 0 Å². The third-order valence-corrected chi connectivity index (χ3v) is 4.97. The molecule has 5 nitrogen and oxygen atoms in total. The summed E-state index contributed by atoms with van der Waals surface area (Å²) in [7, 11) is 1.53. The Hall–Kier alpha value is -3.34. The molecule has 3 N–H and O–H groups in total. The van der Waals surface area contributed by atoms with E-state index in [1.54, 1.807) is 6.07 Å². The molecule has 0 fully saturated rings. The van der Waals surface area contributed by atoms with Gasteiger partial charge >= 0.3 is 0 Å². The molecule has 3 aromatic rings. The quantitative estimate of drug-likeness (QED) is 0.420. The molecular formula is C25H28O5. The summed E-state index contributed by atoms with van der Waals surface area (Å²) < 4.78 is 11.5. The summed E-state index contributed by atoms with van der Waals surface area (Å²) in [5.41, 5.74) is 4.87. The van der Waals surface area contributed by atoms with Gasteiger partial charge in [-0.05, 0) is 52.7 Å². The van der Waals surface area contributed by atoms with Gasteiger partial charge < -0.3 is 24.5 Å². The lowest BCUT2D eigenvalue weighted by atomic mass is 9.98. The van der Waals surface area contributed by atoms with Gasteiger partial charge in [0.25, 0.3) is 0 Å². The summed E-state index contributed by atoms with van der Waals surface area (Å²) in [6, 6.07) is 6.31. The average Bonchev–Trinajstić information content (AvgIpc) is 3.07. The largest absolute Gasteiger partial charge is 0.508 e. The molecule has 158 valence electrons. The van der Waals surface area contributed by atoms with Crippen molar-refractivity contribution in [1.82, 2.24) is 0 Å². The number of phenolic OH excluding ortho intramolecular Hbond substituents is 3. The van der Waals surface area contributed by atoms with Gasteiger partial charge in [0.15, 0.2) is 11.5 Å². The second-order valence-electron chi connectivity index (χ2n) is 7.89. The van der Waals surface area contributed by atoms with Crippen LogP contribution in [-0.4, -0.2) is 22.4 Å². The lowest BCUT2D eigenvalue weighted by Gasteiger charge is -2.10. The first kappa shape index (κ1) is 21.4. The topological polar surface area (TPSA) is 83.1 Å². The fourth-order valence-corrected chi connectivity index (χ4v) is 3.47. The van der Waals surface area contributed by atoms with E-state index in [0.717, 1.165) is 22.1 Å². The van der Waals surface area contributed by atoms with E-state index in [-0.39, 0.29) is 17.2 Å². The zero-order valence-electron chi connectivity index (χ0n) is 18.0. The number of allylic oxidation sites excluding steroid dienone is 4. The molecule has 0 aliphatic heterocycles. The number of benzene rings is 2. The zero-order chi connectivity index (χ0) is 22.0. The molecule has 0 amide bonds. The highest BCUT2D eigenvalue weighted by Gasteiger charge is 2.20. The zero-order valence-corrected chi connectivity index (χ0v) is 18.0. The average molecular weight is 408 g/mol. The standard InChI is InChI=1S/C25H28O5/c1-14(2)6-8-17-19(10-16(26)11-21(17)27)23-12-20-18(9-7-15(3)4)25(29-5)22(28)13-24(20)30-23/h6-7,10-13,26-28H,8-9H2,1-5H3. The van der Waals surface area contributed by atoms with Crippen LogP contribution >= 0.6 is 0 Å². The Morgan fingerprint density at radius 2 is 1.50 bits per heavy atom. The fraction of sp³-hybridized carbons (Fsp3) is 0.280. The van der Waals surface area contributed by atoms with E-state index in [2.05, 4.69) is 6.08 Å². The van der Waals surface area contributed by atoms with E-state index in [9.17, 15) is 15.3 Å². The first-order valence-corrected chi connectivity index (χ1v) is 9.85. The highest BCUT2D eigenvalue weighted by Crippen LogP contribution is 2.43. The van der Waals surface area contributed by atoms with Gasteiger partial charge in [-0.15, -0.1) is 0 Å². The molecular weight excluding hydrogens is 380 g/mol. The van der Waals surface area contributed by atoms with Crippen LogP contribution in [0, 0.1) is 0 Å².